The molecule has 2 aliphatic heterocycles. The zero-order valence-corrected chi connectivity index (χ0v) is 21.8. The van der Waals surface area contributed by atoms with Crippen LogP contribution in [0.1, 0.15) is 54.0 Å². The van der Waals surface area contributed by atoms with Crippen molar-refractivity contribution in [1.29, 1.82) is 0 Å². The van der Waals surface area contributed by atoms with Crippen molar-refractivity contribution in [1.82, 2.24) is 19.8 Å². The number of nitrogens with zero attached hydrogens (tertiary/aromatic N) is 5. The highest BCUT2D eigenvalue weighted by Crippen LogP contribution is 2.38. The average molecular weight is 539 g/mol. The molecule has 0 spiro atoms. The van der Waals surface area contributed by atoms with Crippen LogP contribution in [0.15, 0.2) is 47.0 Å². The summed E-state index contributed by atoms with van der Waals surface area (Å²) in [5.74, 6) is -0.439. The predicted molar refractivity (Wildman–Crippen MR) is 141 cm³/mol. The third-order valence-corrected chi connectivity index (χ3v) is 7.79. The lowest BCUT2D eigenvalue weighted by molar-refractivity contribution is -0.141. The second-order valence-corrected chi connectivity index (χ2v) is 11.0. The van der Waals surface area contributed by atoms with Crippen molar-refractivity contribution in [3.05, 3.63) is 65.0 Å². The molecule has 8 nitrogen and oxygen atoms in total. The van der Waals surface area contributed by atoms with Crippen LogP contribution in [0, 0.1) is 0 Å². The number of nitrogens with two attached hydrogens (primary N) is 1. The zero-order valence-electron chi connectivity index (χ0n) is 21.8. The van der Waals surface area contributed by atoms with E-state index in [4.69, 9.17) is 10.3 Å². The molecule has 6 rings (SSSR count). The Balaban J connectivity index is 1.35. The summed E-state index contributed by atoms with van der Waals surface area (Å²) in [4.78, 5) is 17.8. The summed E-state index contributed by atoms with van der Waals surface area (Å²) in [5, 5.41) is 8.00. The van der Waals surface area contributed by atoms with E-state index in [1.54, 1.807) is 6.07 Å². The number of carbonyl (C=O) groups is 1. The fourth-order valence-corrected chi connectivity index (χ4v) is 5.78. The number of likely N-dealkylation sites (tertiary alicyclic amines) is 1. The smallest absolute Gasteiger partial charge is 0.380 e. The molecule has 204 valence electrons. The maximum atomic E-state index is 14.0. The summed E-state index contributed by atoms with van der Waals surface area (Å²) in [6.07, 6.45) is -2.24. The number of aromatic nitrogens is 3. The zero-order chi connectivity index (χ0) is 27.5. The van der Waals surface area contributed by atoms with Gasteiger partial charge in [-0.15, -0.1) is 0 Å². The molecule has 0 aliphatic carbocycles. The first-order valence-corrected chi connectivity index (χ1v) is 13.0. The molecule has 0 atom stereocenters. The first kappa shape index (κ1) is 25.4. The highest BCUT2D eigenvalue weighted by molar-refractivity contribution is 6.07. The van der Waals surface area contributed by atoms with Crippen LogP contribution >= 0.6 is 0 Å². The number of hydrogen-bond donors (Lipinski definition) is 1. The number of benzene rings is 2. The van der Waals surface area contributed by atoms with E-state index in [2.05, 4.69) is 29.0 Å². The van der Waals surface area contributed by atoms with Gasteiger partial charge in [-0.1, -0.05) is 31.1 Å². The van der Waals surface area contributed by atoms with Gasteiger partial charge >= 0.3 is 6.18 Å². The van der Waals surface area contributed by atoms with E-state index in [0.29, 0.717) is 16.7 Å². The largest absolute Gasteiger partial charge is 0.435 e. The summed E-state index contributed by atoms with van der Waals surface area (Å²) in [5.41, 5.74) is 6.93. The Bertz CT molecular complexity index is 1550. The summed E-state index contributed by atoms with van der Waals surface area (Å²) in [7, 11) is 0. The molecule has 1 saturated heterocycles. The number of hydrogen-bond acceptors (Lipinski definition) is 6. The van der Waals surface area contributed by atoms with Gasteiger partial charge in [0.05, 0.1) is 11.1 Å². The van der Waals surface area contributed by atoms with E-state index in [-0.39, 0.29) is 41.1 Å². The highest BCUT2D eigenvalue weighted by Gasteiger charge is 2.43. The maximum absolute atomic E-state index is 14.0. The van der Waals surface area contributed by atoms with Crippen molar-refractivity contribution in [3.63, 3.8) is 0 Å². The Morgan fingerprint density at radius 1 is 1.00 bits per heavy atom. The minimum Gasteiger partial charge on any atom is -0.380 e. The van der Waals surface area contributed by atoms with Gasteiger partial charge in [0.1, 0.15) is 5.69 Å². The number of anilines is 2. The van der Waals surface area contributed by atoms with Crippen molar-refractivity contribution >= 4 is 28.4 Å². The number of nitrogen functional groups attached to an aromatic ring is 1. The predicted octanol–water partition coefficient (Wildman–Crippen LogP) is 5.19. The van der Waals surface area contributed by atoms with Crippen LogP contribution in [0.3, 0.4) is 0 Å². The van der Waals surface area contributed by atoms with Gasteiger partial charge < -0.3 is 20.1 Å². The van der Waals surface area contributed by atoms with Crippen LogP contribution in [-0.4, -0.2) is 51.9 Å². The van der Waals surface area contributed by atoms with E-state index in [1.165, 1.54) is 29.9 Å². The molecule has 2 aromatic carbocycles. The average Bonchev–Trinajstić information content (AvgIpc) is 3.63. The third-order valence-electron chi connectivity index (χ3n) is 7.79. The van der Waals surface area contributed by atoms with E-state index >= 15 is 0 Å². The minimum absolute atomic E-state index is 0.0236. The number of rotatable bonds is 5. The molecule has 11 heteroatoms. The fourth-order valence-electron chi connectivity index (χ4n) is 5.78. The van der Waals surface area contributed by atoms with Crippen LogP contribution in [0.5, 0.6) is 0 Å². The SMILES string of the molecule is CC(C)(CN1CCCC1)c1ccc(N2CCc3c(C(F)(F)F)nn(-c4ccc5onc(N)c5c4)c3C2=O)cc1. The summed E-state index contributed by atoms with van der Waals surface area (Å²) in [6, 6.07) is 12.4. The molecule has 4 aromatic rings. The lowest BCUT2D eigenvalue weighted by Crippen LogP contribution is -2.39. The molecule has 2 N–H and O–H groups in total. The first-order chi connectivity index (χ1) is 18.5. The topological polar surface area (TPSA) is 93.4 Å². The molecule has 2 aromatic heterocycles. The first-order valence-electron chi connectivity index (χ1n) is 13.0. The standard InChI is InChI=1S/C28H29F3N6O2/c1-27(2,16-35-12-3-4-13-35)17-5-7-18(8-6-17)36-14-11-20-23(26(36)38)37(33-24(20)28(29,30)31)19-9-10-22-21(15-19)25(32)34-39-22/h5-10,15H,3-4,11-14,16H2,1-2H3,(H2,32,34). The molecule has 2 aliphatic rings. The normalized spacial score (nSPS) is 16.8. The molecular formula is C28H29F3N6O2. The Labute approximate surface area is 223 Å². The van der Waals surface area contributed by atoms with Crippen LogP contribution in [-0.2, 0) is 18.0 Å². The molecule has 39 heavy (non-hydrogen) atoms. The Kier molecular flexibility index (Phi) is 5.94. The number of alkyl halides is 3. The van der Waals surface area contributed by atoms with Crippen molar-refractivity contribution in [2.24, 2.45) is 0 Å². The van der Waals surface area contributed by atoms with E-state index in [9.17, 15) is 18.0 Å². The molecule has 1 fully saturated rings. The molecule has 0 unspecified atom stereocenters. The molecule has 0 radical (unpaired) electrons. The van der Waals surface area contributed by atoms with E-state index < -0.39 is 17.8 Å². The fraction of sp³-hybridized carbons (Fsp3) is 0.393. The number of halogens is 3. The summed E-state index contributed by atoms with van der Waals surface area (Å²) >= 11 is 0. The second-order valence-electron chi connectivity index (χ2n) is 11.0. The van der Waals surface area contributed by atoms with Gasteiger partial charge in [-0.3, -0.25) is 4.79 Å². The molecule has 4 heterocycles. The minimum atomic E-state index is -4.71. The van der Waals surface area contributed by atoms with Crippen LogP contribution in [0.25, 0.3) is 16.7 Å². The van der Waals surface area contributed by atoms with Gasteiger partial charge in [0, 0.05) is 29.8 Å². The van der Waals surface area contributed by atoms with Crippen molar-refractivity contribution in [3.8, 4) is 5.69 Å². The molecule has 1 amide bonds. The maximum Gasteiger partial charge on any atom is 0.435 e. The van der Waals surface area contributed by atoms with Crippen molar-refractivity contribution < 1.29 is 22.5 Å². The van der Waals surface area contributed by atoms with Gasteiger partial charge in [0.2, 0.25) is 0 Å². The lowest BCUT2D eigenvalue weighted by Gasteiger charge is -2.32. The monoisotopic (exact) mass is 538 g/mol. The van der Waals surface area contributed by atoms with Crippen LogP contribution in [0.2, 0.25) is 0 Å². The van der Waals surface area contributed by atoms with Crippen LogP contribution in [0.4, 0.5) is 24.7 Å². The molecule has 0 bridgehead atoms. The quantitative estimate of drug-likeness (QED) is 0.376. The Hall–Kier alpha value is -3.86. The lowest BCUT2D eigenvalue weighted by atomic mass is 9.84. The number of fused-ring (bicyclic) bond motifs is 2. The van der Waals surface area contributed by atoms with Crippen molar-refractivity contribution in [2.45, 2.75) is 44.7 Å². The summed E-state index contributed by atoms with van der Waals surface area (Å²) < 4.78 is 48.1. The van der Waals surface area contributed by atoms with Crippen LogP contribution < -0.4 is 10.6 Å². The van der Waals surface area contributed by atoms with Gasteiger partial charge in [0.25, 0.3) is 5.91 Å². The molecular weight excluding hydrogens is 509 g/mol. The van der Waals surface area contributed by atoms with Gasteiger partial charge in [-0.25, -0.2) is 4.68 Å². The van der Waals surface area contributed by atoms with E-state index in [0.717, 1.165) is 29.9 Å². The second kappa shape index (κ2) is 9.11. The van der Waals surface area contributed by atoms with E-state index in [1.807, 2.05) is 24.3 Å². The number of amides is 1. The Morgan fingerprint density at radius 2 is 1.69 bits per heavy atom. The third kappa shape index (κ3) is 4.44. The summed E-state index contributed by atoms with van der Waals surface area (Å²) in [6.45, 7) is 7.68. The number of carbonyl (C=O) groups excluding carboxylic acids is 1. The van der Waals surface area contributed by atoms with Crippen molar-refractivity contribution in [2.75, 3.05) is 36.8 Å². The Morgan fingerprint density at radius 3 is 2.38 bits per heavy atom. The molecule has 0 saturated carbocycles. The van der Waals surface area contributed by atoms with Gasteiger partial charge in [0.15, 0.2) is 17.1 Å². The highest BCUT2D eigenvalue weighted by atomic mass is 19.4. The van der Waals surface area contributed by atoms with Gasteiger partial charge in [-0.2, -0.15) is 18.3 Å². The van der Waals surface area contributed by atoms with Gasteiger partial charge in [-0.05, 0) is 68.2 Å².